The molecule has 25 heavy (non-hydrogen) atoms. The molecule has 0 saturated heterocycles. The number of hydrogen-bond acceptors (Lipinski definition) is 4. The number of nitrogens with zero attached hydrogens (tertiary/aromatic N) is 1. The van der Waals surface area contributed by atoms with Crippen LogP contribution in [0.3, 0.4) is 0 Å². The van der Waals surface area contributed by atoms with E-state index in [1.807, 2.05) is 19.9 Å². The lowest BCUT2D eigenvalue weighted by Gasteiger charge is -2.24. The molecule has 0 N–H and O–H groups in total. The fraction of sp³-hybridized carbons (Fsp3) is 0.556. The molecule has 0 heterocycles. The summed E-state index contributed by atoms with van der Waals surface area (Å²) in [6.07, 6.45) is 4.93. The summed E-state index contributed by atoms with van der Waals surface area (Å²) in [5, 5.41) is 11.0. The molecule has 0 aliphatic rings. The number of ether oxygens (including phenoxy) is 2. The zero-order valence-corrected chi connectivity index (χ0v) is 16.6. The van der Waals surface area contributed by atoms with E-state index >= 15 is 0 Å². The van der Waals surface area contributed by atoms with Crippen LogP contribution in [0.5, 0.6) is 5.75 Å². The second-order valence-corrected chi connectivity index (χ2v) is 7.21. The van der Waals surface area contributed by atoms with Gasteiger partial charge in [-0.05, 0) is 53.0 Å². The van der Waals surface area contributed by atoms with Crippen LogP contribution in [0.2, 0.25) is 10.0 Å². The van der Waals surface area contributed by atoms with Gasteiger partial charge in [-0.2, -0.15) is 0 Å². The zero-order valence-electron chi connectivity index (χ0n) is 15.1. The molecular weight excluding hydrogens is 365 g/mol. The van der Waals surface area contributed by atoms with Crippen molar-refractivity contribution >= 4 is 28.9 Å². The van der Waals surface area contributed by atoms with E-state index in [4.69, 9.17) is 32.7 Å². The first-order valence-electron chi connectivity index (χ1n) is 8.22. The quantitative estimate of drug-likeness (QED) is 0.271. The standard InChI is InChI=1S/C18H25Cl2NO4/c1-5-25-18(3,4)9-6-7-13(2)8-10-24-17-12-14(19)16(21(22)23)11-15(17)20/h8,11-12H,5-7,9-10H2,1-4H3. The SMILES string of the molecule is CCOC(C)(C)CCCC(C)=CCOc1cc(Cl)c([N+](=O)[O-])cc1Cl. The summed E-state index contributed by atoms with van der Waals surface area (Å²) in [7, 11) is 0. The molecule has 0 aliphatic heterocycles. The highest BCUT2D eigenvalue weighted by Gasteiger charge is 2.17. The van der Waals surface area contributed by atoms with E-state index in [0.717, 1.165) is 19.3 Å². The Bertz CT molecular complexity index is 630. The minimum absolute atomic E-state index is 0.00302. The van der Waals surface area contributed by atoms with Crippen LogP contribution in [-0.4, -0.2) is 23.7 Å². The summed E-state index contributed by atoms with van der Waals surface area (Å²) in [4.78, 5) is 10.2. The van der Waals surface area contributed by atoms with E-state index in [1.54, 1.807) is 0 Å². The van der Waals surface area contributed by atoms with Gasteiger partial charge in [-0.3, -0.25) is 10.1 Å². The highest BCUT2D eigenvalue weighted by molar-refractivity contribution is 6.35. The molecule has 0 radical (unpaired) electrons. The smallest absolute Gasteiger partial charge is 0.289 e. The lowest BCUT2D eigenvalue weighted by molar-refractivity contribution is -0.384. The maximum Gasteiger partial charge on any atom is 0.289 e. The van der Waals surface area contributed by atoms with Gasteiger partial charge in [-0.1, -0.05) is 28.8 Å². The Morgan fingerprint density at radius 2 is 2.00 bits per heavy atom. The van der Waals surface area contributed by atoms with Gasteiger partial charge in [0.05, 0.1) is 15.5 Å². The number of rotatable bonds is 10. The maximum absolute atomic E-state index is 10.8. The third-order valence-corrected chi connectivity index (χ3v) is 4.35. The van der Waals surface area contributed by atoms with E-state index in [-0.39, 0.29) is 21.3 Å². The number of nitro benzene ring substituents is 1. The Balaban J connectivity index is 2.52. The zero-order chi connectivity index (χ0) is 19.0. The molecule has 0 unspecified atom stereocenters. The average Bonchev–Trinajstić information content (AvgIpc) is 2.49. The van der Waals surface area contributed by atoms with Crippen molar-refractivity contribution in [2.24, 2.45) is 0 Å². The summed E-state index contributed by atoms with van der Waals surface area (Å²) in [5.41, 5.74) is 0.869. The largest absolute Gasteiger partial charge is 0.488 e. The summed E-state index contributed by atoms with van der Waals surface area (Å²) in [5.74, 6) is 0.332. The van der Waals surface area contributed by atoms with E-state index in [2.05, 4.69) is 13.8 Å². The molecule has 1 aromatic carbocycles. The van der Waals surface area contributed by atoms with Crippen molar-refractivity contribution in [2.75, 3.05) is 13.2 Å². The van der Waals surface area contributed by atoms with E-state index in [9.17, 15) is 10.1 Å². The fourth-order valence-electron chi connectivity index (χ4n) is 2.40. The summed E-state index contributed by atoms with van der Waals surface area (Å²) >= 11 is 11.9. The van der Waals surface area contributed by atoms with Crippen molar-refractivity contribution < 1.29 is 14.4 Å². The molecule has 5 nitrogen and oxygen atoms in total. The van der Waals surface area contributed by atoms with Gasteiger partial charge in [0, 0.05) is 18.7 Å². The van der Waals surface area contributed by atoms with Crippen molar-refractivity contribution in [1.29, 1.82) is 0 Å². The topological polar surface area (TPSA) is 61.6 Å². The average molecular weight is 390 g/mol. The molecule has 0 amide bonds. The Morgan fingerprint density at radius 3 is 2.60 bits per heavy atom. The maximum atomic E-state index is 10.8. The highest BCUT2D eigenvalue weighted by atomic mass is 35.5. The summed E-state index contributed by atoms with van der Waals surface area (Å²) < 4.78 is 11.3. The first-order chi connectivity index (χ1) is 11.7. The third kappa shape index (κ3) is 7.63. The molecule has 0 aromatic heterocycles. The van der Waals surface area contributed by atoms with Gasteiger partial charge in [-0.15, -0.1) is 0 Å². The minimum Gasteiger partial charge on any atom is -0.488 e. The van der Waals surface area contributed by atoms with Crippen LogP contribution in [0, 0.1) is 10.1 Å². The van der Waals surface area contributed by atoms with Crippen LogP contribution in [-0.2, 0) is 4.74 Å². The first-order valence-corrected chi connectivity index (χ1v) is 8.97. The van der Waals surface area contributed by atoms with Gasteiger partial charge in [0.15, 0.2) is 0 Å². The Kier molecular flexibility index (Phi) is 8.69. The second kappa shape index (κ2) is 10.00. The third-order valence-electron chi connectivity index (χ3n) is 3.75. The van der Waals surface area contributed by atoms with Crippen molar-refractivity contribution in [3.8, 4) is 5.75 Å². The number of halogens is 2. The molecule has 0 saturated carbocycles. The van der Waals surface area contributed by atoms with Crippen molar-refractivity contribution in [2.45, 2.75) is 52.6 Å². The normalized spacial score (nSPS) is 12.3. The van der Waals surface area contributed by atoms with E-state index < -0.39 is 4.92 Å². The lowest BCUT2D eigenvalue weighted by Crippen LogP contribution is -2.24. The van der Waals surface area contributed by atoms with Gasteiger partial charge in [0.1, 0.15) is 17.4 Å². The van der Waals surface area contributed by atoms with Crippen LogP contribution in [0.15, 0.2) is 23.8 Å². The molecule has 140 valence electrons. The van der Waals surface area contributed by atoms with Gasteiger partial charge in [-0.25, -0.2) is 0 Å². The Labute approximate surface area is 159 Å². The lowest BCUT2D eigenvalue weighted by atomic mass is 9.99. The molecule has 0 fully saturated rings. The number of nitro groups is 1. The van der Waals surface area contributed by atoms with Gasteiger partial charge in [0.25, 0.3) is 5.69 Å². The molecule has 1 rings (SSSR count). The first kappa shape index (κ1) is 21.7. The Morgan fingerprint density at radius 1 is 1.32 bits per heavy atom. The predicted molar refractivity (Wildman–Crippen MR) is 102 cm³/mol. The molecule has 0 atom stereocenters. The summed E-state index contributed by atoms with van der Waals surface area (Å²) in [6, 6.07) is 2.57. The van der Waals surface area contributed by atoms with Gasteiger partial charge >= 0.3 is 0 Å². The molecule has 0 bridgehead atoms. The molecular formula is C18H25Cl2NO4. The number of hydrogen-bond donors (Lipinski definition) is 0. The number of allylic oxidation sites excluding steroid dienone is 1. The van der Waals surface area contributed by atoms with Crippen LogP contribution < -0.4 is 4.74 Å². The van der Waals surface area contributed by atoms with E-state index in [0.29, 0.717) is 19.0 Å². The second-order valence-electron chi connectivity index (χ2n) is 6.40. The van der Waals surface area contributed by atoms with Crippen LogP contribution in [0.4, 0.5) is 5.69 Å². The molecule has 0 aliphatic carbocycles. The van der Waals surface area contributed by atoms with Gasteiger partial charge in [0.2, 0.25) is 0 Å². The van der Waals surface area contributed by atoms with Crippen LogP contribution >= 0.6 is 23.2 Å². The molecule has 0 spiro atoms. The molecule has 1 aromatic rings. The summed E-state index contributed by atoms with van der Waals surface area (Å²) in [6.45, 7) is 9.28. The predicted octanol–water partition coefficient (Wildman–Crippen LogP) is 6.21. The van der Waals surface area contributed by atoms with Crippen LogP contribution in [0.25, 0.3) is 0 Å². The molecule has 7 heteroatoms. The van der Waals surface area contributed by atoms with Crippen molar-refractivity contribution in [3.63, 3.8) is 0 Å². The highest BCUT2D eigenvalue weighted by Crippen LogP contribution is 2.35. The van der Waals surface area contributed by atoms with Crippen molar-refractivity contribution in [1.82, 2.24) is 0 Å². The van der Waals surface area contributed by atoms with Crippen LogP contribution in [0.1, 0.15) is 47.0 Å². The Hall–Kier alpha value is -1.30. The van der Waals surface area contributed by atoms with E-state index in [1.165, 1.54) is 17.7 Å². The monoisotopic (exact) mass is 389 g/mol. The minimum atomic E-state index is -0.578. The van der Waals surface area contributed by atoms with Gasteiger partial charge < -0.3 is 9.47 Å². The number of benzene rings is 1. The van der Waals surface area contributed by atoms with Crippen molar-refractivity contribution in [3.05, 3.63) is 43.9 Å². The fourth-order valence-corrected chi connectivity index (χ4v) is 2.84.